The molecule has 4 rings (SSSR count). The maximum atomic E-state index is 13.2. The van der Waals surface area contributed by atoms with Gasteiger partial charge in [0.25, 0.3) is 5.91 Å². The molecule has 4 aromatic rings. The number of anilines is 1. The summed E-state index contributed by atoms with van der Waals surface area (Å²) in [6.45, 7) is 6.75. The molecule has 0 aliphatic heterocycles. The van der Waals surface area contributed by atoms with Crippen molar-refractivity contribution < 1.29 is 9.21 Å². The summed E-state index contributed by atoms with van der Waals surface area (Å²) in [5.41, 5.74) is 4.52. The molecule has 0 saturated heterocycles. The number of benzene rings is 2. The van der Waals surface area contributed by atoms with Gasteiger partial charge in [-0.1, -0.05) is 31.2 Å². The number of fused-ring (bicyclic) bond motifs is 2. The van der Waals surface area contributed by atoms with Crippen molar-refractivity contribution in [2.75, 3.05) is 11.4 Å². The number of rotatable bonds is 4. The minimum Gasteiger partial charge on any atom is -0.433 e. The Kier molecular flexibility index (Phi) is 4.40. The van der Waals surface area contributed by atoms with E-state index in [4.69, 9.17) is 4.42 Å². The first-order valence-corrected chi connectivity index (χ1v) is 9.24. The van der Waals surface area contributed by atoms with Gasteiger partial charge in [0.1, 0.15) is 0 Å². The molecule has 0 saturated carbocycles. The van der Waals surface area contributed by atoms with Crippen LogP contribution in [0.3, 0.4) is 0 Å². The Labute approximate surface area is 158 Å². The number of carbonyl (C=O) groups excluding carboxylic acids is 1. The van der Waals surface area contributed by atoms with E-state index >= 15 is 0 Å². The fourth-order valence-electron chi connectivity index (χ4n) is 3.34. The van der Waals surface area contributed by atoms with Gasteiger partial charge >= 0.3 is 0 Å². The number of amides is 1. The Bertz CT molecular complexity index is 1140. The Balaban J connectivity index is 1.77. The maximum Gasteiger partial charge on any atom is 0.294 e. The van der Waals surface area contributed by atoms with E-state index in [1.54, 1.807) is 11.0 Å². The van der Waals surface area contributed by atoms with E-state index in [-0.39, 0.29) is 5.91 Å². The molecule has 0 atom stereocenters. The smallest absolute Gasteiger partial charge is 0.294 e. The number of aryl methyl sites for hydroxylation is 2. The van der Waals surface area contributed by atoms with Gasteiger partial charge in [-0.05, 0) is 61.7 Å². The summed E-state index contributed by atoms with van der Waals surface area (Å²) >= 11 is 0. The van der Waals surface area contributed by atoms with Crippen molar-refractivity contribution in [2.24, 2.45) is 0 Å². The van der Waals surface area contributed by atoms with Crippen LogP contribution < -0.4 is 4.90 Å². The van der Waals surface area contributed by atoms with Crippen molar-refractivity contribution >= 4 is 33.6 Å². The summed E-state index contributed by atoms with van der Waals surface area (Å²) in [5.74, 6) is 0.181. The second-order valence-electron chi connectivity index (χ2n) is 6.99. The molecule has 27 heavy (non-hydrogen) atoms. The van der Waals surface area contributed by atoms with E-state index in [1.165, 1.54) is 0 Å². The van der Waals surface area contributed by atoms with Crippen LogP contribution in [0, 0.1) is 13.8 Å². The largest absolute Gasteiger partial charge is 0.433 e. The van der Waals surface area contributed by atoms with Gasteiger partial charge in [0.05, 0.1) is 5.52 Å². The van der Waals surface area contributed by atoms with Crippen molar-refractivity contribution in [3.05, 3.63) is 71.5 Å². The first-order valence-electron chi connectivity index (χ1n) is 9.24. The predicted octanol–water partition coefficient (Wildman–Crippen LogP) is 5.65. The molecule has 4 nitrogen and oxygen atoms in total. The Morgan fingerprint density at radius 1 is 1.00 bits per heavy atom. The molecule has 0 spiro atoms. The van der Waals surface area contributed by atoms with Crippen LogP contribution in [0.25, 0.3) is 22.0 Å². The monoisotopic (exact) mass is 358 g/mol. The molecule has 0 aliphatic rings. The van der Waals surface area contributed by atoms with E-state index < -0.39 is 0 Å². The molecule has 2 aromatic carbocycles. The second kappa shape index (κ2) is 6.88. The highest BCUT2D eigenvalue weighted by molar-refractivity contribution is 6.06. The molecule has 0 radical (unpaired) electrons. The molecule has 2 aromatic heterocycles. The number of hydrogen-bond donors (Lipinski definition) is 0. The highest BCUT2D eigenvalue weighted by Crippen LogP contribution is 2.26. The first-order chi connectivity index (χ1) is 13.0. The number of hydrogen-bond acceptors (Lipinski definition) is 3. The molecular formula is C23H22N2O2. The van der Waals surface area contributed by atoms with Crippen LogP contribution in [0.4, 0.5) is 5.69 Å². The lowest BCUT2D eigenvalue weighted by molar-refractivity contribution is 0.0962. The van der Waals surface area contributed by atoms with Crippen molar-refractivity contribution in [3.8, 4) is 0 Å². The third-order valence-corrected chi connectivity index (χ3v) is 4.68. The fourth-order valence-corrected chi connectivity index (χ4v) is 3.34. The van der Waals surface area contributed by atoms with Gasteiger partial charge in [0.2, 0.25) is 5.71 Å². The standard InChI is InChI=1S/C23H22N2O2/c1-4-10-25(19-7-5-6-15(2)11-19)23(26)21-14-18-13-17-9-8-16(3)12-20(17)24-22(18)27-21/h5-9,11-14H,4,10H2,1-3H3. The summed E-state index contributed by atoms with van der Waals surface area (Å²) in [6.07, 6.45) is 0.862. The lowest BCUT2D eigenvalue weighted by Gasteiger charge is -2.21. The summed E-state index contributed by atoms with van der Waals surface area (Å²) in [6, 6.07) is 17.9. The average Bonchev–Trinajstić information content (AvgIpc) is 3.06. The number of nitrogens with zero attached hydrogens (tertiary/aromatic N) is 2. The van der Waals surface area contributed by atoms with Crippen molar-refractivity contribution in [2.45, 2.75) is 27.2 Å². The van der Waals surface area contributed by atoms with Gasteiger partial charge in [-0.3, -0.25) is 4.79 Å². The van der Waals surface area contributed by atoms with E-state index in [2.05, 4.69) is 18.0 Å². The number of pyridine rings is 1. The summed E-state index contributed by atoms with van der Waals surface area (Å²) in [4.78, 5) is 19.5. The summed E-state index contributed by atoms with van der Waals surface area (Å²) in [7, 11) is 0. The molecule has 0 fully saturated rings. The Hall–Kier alpha value is -3.14. The summed E-state index contributed by atoms with van der Waals surface area (Å²) < 4.78 is 5.85. The average molecular weight is 358 g/mol. The topological polar surface area (TPSA) is 46.3 Å². The normalized spacial score (nSPS) is 11.2. The van der Waals surface area contributed by atoms with E-state index in [9.17, 15) is 4.79 Å². The lowest BCUT2D eigenvalue weighted by Crippen LogP contribution is -2.31. The van der Waals surface area contributed by atoms with E-state index in [0.29, 0.717) is 18.0 Å². The molecule has 0 aliphatic carbocycles. The van der Waals surface area contributed by atoms with Gasteiger partial charge in [-0.15, -0.1) is 0 Å². The molecule has 0 unspecified atom stereocenters. The number of carbonyl (C=O) groups is 1. The molecule has 136 valence electrons. The van der Waals surface area contributed by atoms with Crippen LogP contribution in [-0.4, -0.2) is 17.4 Å². The van der Waals surface area contributed by atoms with Gasteiger partial charge in [-0.2, -0.15) is 0 Å². The fraction of sp³-hybridized carbons (Fsp3) is 0.217. The number of aromatic nitrogens is 1. The molecule has 0 N–H and O–H groups in total. The maximum absolute atomic E-state index is 13.2. The SMILES string of the molecule is CCCN(C(=O)c1cc2cc3ccc(C)cc3nc2o1)c1cccc(C)c1. The zero-order valence-corrected chi connectivity index (χ0v) is 15.8. The zero-order chi connectivity index (χ0) is 19.0. The van der Waals surface area contributed by atoms with Gasteiger partial charge in [0, 0.05) is 23.0 Å². The molecular weight excluding hydrogens is 336 g/mol. The minimum absolute atomic E-state index is 0.138. The minimum atomic E-state index is -0.138. The first kappa shape index (κ1) is 17.3. The van der Waals surface area contributed by atoms with Crippen LogP contribution in [-0.2, 0) is 0 Å². The van der Waals surface area contributed by atoms with Crippen molar-refractivity contribution in [3.63, 3.8) is 0 Å². The zero-order valence-electron chi connectivity index (χ0n) is 15.8. The number of furan rings is 1. The Morgan fingerprint density at radius 3 is 2.59 bits per heavy atom. The van der Waals surface area contributed by atoms with Crippen LogP contribution >= 0.6 is 0 Å². The molecule has 1 amide bonds. The van der Waals surface area contributed by atoms with Crippen LogP contribution in [0.5, 0.6) is 0 Å². The van der Waals surface area contributed by atoms with Crippen LogP contribution in [0.15, 0.2) is 59.0 Å². The highest BCUT2D eigenvalue weighted by Gasteiger charge is 2.21. The quantitative estimate of drug-likeness (QED) is 0.473. The third kappa shape index (κ3) is 3.31. The van der Waals surface area contributed by atoms with Gasteiger partial charge in [-0.25, -0.2) is 4.98 Å². The molecule has 2 heterocycles. The van der Waals surface area contributed by atoms with Gasteiger partial charge in [0.15, 0.2) is 5.76 Å². The van der Waals surface area contributed by atoms with E-state index in [1.807, 2.05) is 56.3 Å². The molecule has 0 bridgehead atoms. The van der Waals surface area contributed by atoms with Crippen LogP contribution in [0.1, 0.15) is 35.0 Å². The molecule has 4 heteroatoms. The van der Waals surface area contributed by atoms with E-state index in [0.717, 1.165) is 39.5 Å². The Morgan fingerprint density at radius 2 is 1.81 bits per heavy atom. The second-order valence-corrected chi connectivity index (χ2v) is 6.99. The summed E-state index contributed by atoms with van der Waals surface area (Å²) in [5, 5.41) is 1.88. The predicted molar refractivity (Wildman–Crippen MR) is 109 cm³/mol. The lowest BCUT2D eigenvalue weighted by atomic mass is 10.1. The van der Waals surface area contributed by atoms with Crippen molar-refractivity contribution in [1.82, 2.24) is 4.98 Å². The van der Waals surface area contributed by atoms with Gasteiger partial charge < -0.3 is 9.32 Å². The van der Waals surface area contributed by atoms with Crippen LogP contribution in [0.2, 0.25) is 0 Å². The third-order valence-electron chi connectivity index (χ3n) is 4.68. The highest BCUT2D eigenvalue weighted by atomic mass is 16.4. The van der Waals surface area contributed by atoms with Crippen molar-refractivity contribution in [1.29, 1.82) is 0 Å².